The topological polar surface area (TPSA) is 107 Å². The van der Waals surface area contributed by atoms with Gasteiger partial charge in [0.1, 0.15) is 0 Å². The highest BCUT2D eigenvalue weighted by molar-refractivity contribution is 4.70. The van der Waals surface area contributed by atoms with Crippen LogP contribution in [0.1, 0.15) is 13.3 Å². The van der Waals surface area contributed by atoms with Gasteiger partial charge in [-0.3, -0.25) is 0 Å². The lowest BCUT2D eigenvalue weighted by Gasteiger charge is -2.22. The van der Waals surface area contributed by atoms with Crippen LogP contribution in [0.3, 0.4) is 0 Å². The molecule has 5 nitrogen and oxygen atoms in total. The smallest absolute Gasteiger partial charge is 0.291 e. The largest absolute Gasteiger partial charge is 0.393 e. The van der Waals surface area contributed by atoms with E-state index in [0.29, 0.717) is 0 Å². The maximum Gasteiger partial charge on any atom is 0.291 e. The Kier molecular flexibility index (Phi) is 3.20. The van der Waals surface area contributed by atoms with E-state index in [1.54, 1.807) is 0 Å². The summed E-state index contributed by atoms with van der Waals surface area (Å²) >= 11 is 0. The van der Waals surface area contributed by atoms with E-state index in [-0.39, 0.29) is 6.42 Å². The zero-order valence-electron chi connectivity index (χ0n) is 5.73. The minimum Gasteiger partial charge on any atom is -0.393 e. The van der Waals surface area contributed by atoms with E-state index in [2.05, 4.69) is 0 Å². The van der Waals surface area contributed by atoms with Crippen molar-refractivity contribution in [1.82, 2.24) is 0 Å². The van der Waals surface area contributed by atoms with Crippen LogP contribution in [0.25, 0.3) is 0 Å². The van der Waals surface area contributed by atoms with Crippen LogP contribution in [0.4, 0.5) is 0 Å². The summed E-state index contributed by atoms with van der Waals surface area (Å²) in [6.45, 7) is 1.44. The second-order valence-electron chi connectivity index (χ2n) is 2.38. The fourth-order valence-electron chi connectivity index (χ4n) is 0.526. The van der Waals surface area contributed by atoms with Crippen LogP contribution in [-0.4, -0.2) is 38.5 Å². The molecule has 2 unspecified atom stereocenters. The van der Waals surface area contributed by atoms with E-state index < -0.39 is 18.1 Å². The normalized spacial score (nSPS) is 18.6. The number of nitrogens with two attached hydrogens (primary N) is 1. The average Bonchev–Trinajstić information content (AvgIpc) is 1.60. The number of hydrogen-bond donors (Lipinski definition) is 5. The van der Waals surface area contributed by atoms with Gasteiger partial charge in [-0.25, -0.2) is 0 Å². The van der Waals surface area contributed by atoms with Gasteiger partial charge < -0.3 is 26.2 Å². The predicted octanol–water partition coefficient (Wildman–Crippen LogP) is -2.28. The average molecular weight is 151 g/mol. The first kappa shape index (κ1) is 9.80. The zero-order chi connectivity index (χ0) is 8.36. The first-order chi connectivity index (χ1) is 4.34. The third kappa shape index (κ3) is 3.76. The van der Waals surface area contributed by atoms with Crippen molar-refractivity contribution in [2.75, 3.05) is 0 Å². The monoisotopic (exact) mass is 151 g/mol. The fourth-order valence-corrected chi connectivity index (χ4v) is 0.526. The lowest BCUT2D eigenvalue weighted by atomic mass is 10.1. The first-order valence-corrected chi connectivity index (χ1v) is 2.94. The summed E-state index contributed by atoms with van der Waals surface area (Å²) in [4.78, 5) is 0. The number of hydrogen-bond acceptors (Lipinski definition) is 5. The van der Waals surface area contributed by atoms with Crippen LogP contribution >= 0.6 is 0 Å². The minimum atomic E-state index is -2.89. The Morgan fingerprint density at radius 2 is 1.80 bits per heavy atom. The molecule has 0 aliphatic heterocycles. The van der Waals surface area contributed by atoms with Crippen molar-refractivity contribution in [1.29, 1.82) is 0 Å². The second kappa shape index (κ2) is 3.27. The SMILES string of the molecule is CC(O)CC(N)C(O)(O)O. The van der Waals surface area contributed by atoms with E-state index in [9.17, 15) is 0 Å². The van der Waals surface area contributed by atoms with Crippen molar-refractivity contribution in [2.45, 2.75) is 31.5 Å². The van der Waals surface area contributed by atoms with E-state index in [1.165, 1.54) is 6.92 Å². The van der Waals surface area contributed by atoms with Crippen molar-refractivity contribution in [3.8, 4) is 0 Å². The summed E-state index contributed by atoms with van der Waals surface area (Å²) in [7, 11) is 0. The lowest BCUT2D eigenvalue weighted by Crippen LogP contribution is -2.49. The minimum absolute atomic E-state index is 0.0660. The summed E-state index contributed by atoms with van der Waals surface area (Å²) in [5, 5.41) is 33.9. The van der Waals surface area contributed by atoms with Gasteiger partial charge in [0.2, 0.25) is 0 Å². The molecule has 2 atom stereocenters. The molecule has 0 spiro atoms. The molecule has 0 heterocycles. The summed E-state index contributed by atoms with van der Waals surface area (Å²) in [6.07, 6.45) is -0.829. The number of rotatable bonds is 3. The molecule has 0 saturated heterocycles. The Bertz CT molecular complexity index is 98.3. The molecule has 5 heteroatoms. The highest BCUT2D eigenvalue weighted by Gasteiger charge is 2.29. The molecule has 0 aliphatic carbocycles. The second-order valence-corrected chi connectivity index (χ2v) is 2.38. The lowest BCUT2D eigenvalue weighted by molar-refractivity contribution is -0.324. The summed E-state index contributed by atoms with van der Waals surface area (Å²) in [5.41, 5.74) is 5.04. The Hall–Kier alpha value is -0.200. The van der Waals surface area contributed by atoms with Crippen molar-refractivity contribution in [3.05, 3.63) is 0 Å². The Labute approximate surface area is 58.7 Å². The van der Waals surface area contributed by atoms with E-state index in [4.69, 9.17) is 26.2 Å². The zero-order valence-corrected chi connectivity index (χ0v) is 5.73. The van der Waals surface area contributed by atoms with Crippen LogP contribution in [-0.2, 0) is 0 Å². The Balaban J connectivity index is 3.73. The number of aliphatic hydroxyl groups excluding tert-OH is 1. The molecule has 62 valence electrons. The summed E-state index contributed by atoms with van der Waals surface area (Å²) in [6, 6.07) is -1.24. The van der Waals surface area contributed by atoms with Gasteiger partial charge >= 0.3 is 0 Å². The molecule has 0 aromatic rings. The molecule has 0 aromatic heterocycles. The maximum absolute atomic E-state index is 8.67. The van der Waals surface area contributed by atoms with E-state index in [1.807, 2.05) is 0 Å². The number of aliphatic hydroxyl groups is 4. The molecule has 0 fully saturated rings. The standard InChI is InChI=1S/C5H13NO4/c1-3(7)2-4(6)5(8,9)10/h3-4,7-10H,2,6H2,1H3. The Morgan fingerprint density at radius 3 is 1.90 bits per heavy atom. The molecule has 0 bridgehead atoms. The molecule has 0 aromatic carbocycles. The molecule has 0 amide bonds. The highest BCUT2D eigenvalue weighted by atomic mass is 16.7. The van der Waals surface area contributed by atoms with Gasteiger partial charge in [-0.15, -0.1) is 0 Å². The maximum atomic E-state index is 8.67. The molecular weight excluding hydrogens is 138 g/mol. The predicted molar refractivity (Wildman–Crippen MR) is 33.7 cm³/mol. The van der Waals surface area contributed by atoms with Crippen molar-refractivity contribution < 1.29 is 20.4 Å². The van der Waals surface area contributed by atoms with Crippen molar-refractivity contribution in [2.24, 2.45) is 5.73 Å². The fraction of sp³-hybridized carbons (Fsp3) is 1.00. The van der Waals surface area contributed by atoms with Gasteiger partial charge in [0.15, 0.2) is 0 Å². The van der Waals surface area contributed by atoms with Gasteiger partial charge in [0.25, 0.3) is 5.97 Å². The molecule has 10 heavy (non-hydrogen) atoms. The van der Waals surface area contributed by atoms with Crippen LogP contribution in [0.15, 0.2) is 0 Å². The van der Waals surface area contributed by atoms with Crippen LogP contribution in [0.2, 0.25) is 0 Å². The quantitative estimate of drug-likeness (QED) is 0.292. The summed E-state index contributed by atoms with van der Waals surface area (Å²) < 4.78 is 0. The molecule has 0 radical (unpaired) electrons. The Morgan fingerprint density at radius 1 is 1.40 bits per heavy atom. The van der Waals surface area contributed by atoms with Crippen LogP contribution in [0.5, 0.6) is 0 Å². The first-order valence-electron chi connectivity index (χ1n) is 2.94. The third-order valence-electron chi connectivity index (χ3n) is 1.09. The van der Waals surface area contributed by atoms with E-state index >= 15 is 0 Å². The van der Waals surface area contributed by atoms with E-state index in [0.717, 1.165) is 0 Å². The summed E-state index contributed by atoms with van der Waals surface area (Å²) in [5.74, 6) is -2.89. The molecule has 0 rings (SSSR count). The molecule has 6 N–H and O–H groups in total. The van der Waals surface area contributed by atoms with Crippen molar-refractivity contribution in [3.63, 3.8) is 0 Å². The van der Waals surface area contributed by atoms with Gasteiger partial charge in [-0.1, -0.05) is 0 Å². The van der Waals surface area contributed by atoms with Crippen molar-refractivity contribution >= 4 is 0 Å². The van der Waals surface area contributed by atoms with Gasteiger partial charge in [-0.2, -0.15) is 0 Å². The molecule has 0 aliphatic rings. The third-order valence-corrected chi connectivity index (χ3v) is 1.09. The van der Waals surface area contributed by atoms with Gasteiger partial charge in [0, 0.05) is 0 Å². The van der Waals surface area contributed by atoms with Gasteiger partial charge in [-0.05, 0) is 13.3 Å². The molecule has 0 saturated carbocycles. The highest BCUT2D eigenvalue weighted by Crippen LogP contribution is 2.05. The van der Waals surface area contributed by atoms with Crippen LogP contribution in [0, 0.1) is 0 Å². The van der Waals surface area contributed by atoms with Crippen LogP contribution < -0.4 is 5.73 Å². The van der Waals surface area contributed by atoms with Gasteiger partial charge in [0.05, 0.1) is 12.1 Å². The molecular formula is C5H13NO4.